The van der Waals surface area contributed by atoms with E-state index in [0.717, 1.165) is 6.42 Å². The van der Waals surface area contributed by atoms with Crippen molar-refractivity contribution in [2.75, 3.05) is 0 Å². The van der Waals surface area contributed by atoms with Crippen LogP contribution in [-0.4, -0.2) is 5.91 Å². The van der Waals surface area contributed by atoms with E-state index in [9.17, 15) is 4.79 Å². The molecule has 0 aromatic heterocycles. The summed E-state index contributed by atoms with van der Waals surface area (Å²) >= 11 is 0. The van der Waals surface area contributed by atoms with Crippen LogP contribution in [0.1, 0.15) is 20.3 Å². The van der Waals surface area contributed by atoms with Gasteiger partial charge in [-0.25, -0.2) is 0 Å². The van der Waals surface area contributed by atoms with Crippen LogP contribution in [-0.2, 0) is 4.79 Å². The molecule has 1 saturated carbocycles. The summed E-state index contributed by atoms with van der Waals surface area (Å²) in [4.78, 5) is 10.4. The van der Waals surface area contributed by atoms with E-state index in [1.807, 2.05) is 0 Å². The molecule has 1 aliphatic carbocycles. The Morgan fingerprint density at radius 1 is 1.67 bits per heavy atom. The highest BCUT2D eigenvalue weighted by Gasteiger charge is 2.43. The fourth-order valence-corrected chi connectivity index (χ4v) is 1.25. The number of carbonyl (C=O) groups is 1. The molecule has 51 valence electrons. The number of amides is 1. The molecule has 0 saturated heterocycles. The van der Waals surface area contributed by atoms with Crippen LogP contribution in [0.2, 0.25) is 0 Å². The molecule has 0 heterocycles. The van der Waals surface area contributed by atoms with Gasteiger partial charge in [0.15, 0.2) is 0 Å². The molecule has 1 rings (SSSR count). The van der Waals surface area contributed by atoms with Crippen molar-refractivity contribution in [1.82, 2.24) is 5.73 Å². The van der Waals surface area contributed by atoms with E-state index in [2.05, 4.69) is 13.8 Å². The van der Waals surface area contributed by atoms with Gasteiger partial charge in [0.25, 0.3) is 0 Å². The molecule has 1 radical (unpaired) electrons. The summed E-state index contributed by atoms with van der Waals surface area (Å²) in [5.74, 6) is 0.831. The summed E-state index contributed by atoms with van der Waals surface area (Å²) in [7, 11) is 0. The number of nitrogens with one attached hydrogen (secondary N) is 1. The molecule has 0 aromatic carbocycles. The SMILES string of the molecule is CC(C)C1CC1C([NH])=O. The van der Waals surface area contributed by atoms with Gasteiger partial charge in [0, 0.05) is 5.92 Å². The Hall–Kier alpha value is -0.530. The summed E-state index contributed by atoms with van der Waals surface area (Å²) in [6.07, 6.45) is 0.958. The molecule has 1 N–H and O–H groups in total. The Morgan fingerprint density at radius 2 is 2.22 bits per heavy atom. The zero-order chi connectivity index (χ0) is 7.02. The van der Waals surface area contributed by atoms with Crippen LogP contribution >= 0.6 is 0 Å². The number of hydrogen-bond donors (Lipinski definition) is 0. The summed E-state index contributed by atoms with van der Waals surface area (Å²) in [5.41, 5.74) is 6.78. The van der Waals surface area contributed by atoms with Crippen LogP contribution in [0.25, 0.3) is 0 Å². The molecule has 2 unspecified atom stereocenters. The van der Waals surface area contributed by atoms with E-state index in [0.29, 0.717) is 11.8 Å². The maximum Gasteiger partial charge on any atom is 0.241 e. The normalized spacial score (nSPS) is 32.8. The maximum atomic E-state index is 10.4. The number of hydrogen-bond acceptors (Lipinski definition) is 1. The maximum absolute atomic E-state index is 10.4. The van der Waals surface area contributed by atoms with Crippen molar-refractivity contribution >= 4 is 5.91 Å². The Kier molecular flexibility index (Phi) is 1.47. The summed E-state index contributed by atoms with van der Waals surface area (Å²) < 4.78 is 0. The van der Waals surface area contributed by atoms with Crippen LogP contribution in [0.5, 0.6) is 0 Å². The molecule has 0 bridgehead atoms. The first kappa shape index (κ1) is 6.59. The first-order valence-corrected chi connectivity index (χ1v) is 3.38. The second kappa shape index (κ2) is 2.01. The third-order valence-corrected chi connectivity index (χ3v) is 2.03. The largest absolute Gasteiger partial charge is 0.273 e. The molecule has 2 nitrogen and oxygen atoms in total. The predicted molar refractivity (Wildman–Crippen MR) is 34.5 cm³/mol. The second-order valence-corrected chi connectivity index (χ2v) is 3.11. The van der Waals surface area contributed by atoms with Crippen molar-refractivity contribution in [2.45, 2.75) is 20.3 Å². The average molecular weight is 126 g/mol. The molecule has 1 amide bonds. The van der Waals surface area contributed by atoms with Crippen molar-refractivity contribution in [1.29, 1.82) is 0 Å². The van der Waals surface area contributed by atoms with Crippen molar-refractivity contribution in [3.63, 3.8) is 0 Å². The van der Waals surface area contributed by atoms with E-state index in [4.69, 9.17) is 5.73 Å². The van der Waals surface area contributed by atoms with E-state index in [1.54, 1.807) is 0 Å². The molecule has 2 heteroatoms. The van der Waals surface area contributed by atoms with Gasteiger partial charge < -0.3 is 0 Å². The zero-order valence-corrected chi connectivity index (χ0v) is 5.85. The van der Waals surface area contributed by atoms with Gasteiger partial charge >= 0.3 is 0 Å². The fraction of sp³-hybridized carbons (Fsp3) is 0.857. The molecule has 0 aromatic rings. The average Bonchev–Trinajstić information content (AvgIpc) is 2.39. The molecule has 0 aliphatic heterocycles. The lowest BCUT2D eigenvalue weighted by Gasteiger charge is -1.98. The van der Waals surface area contributed by atoms with E-state index < -0.39 is 0 Å². The van der Waals surface area contributed by atoms with Crippen molar-refractivity contribution in [3.8, 4) is 0 Å². The minimum absolute atomic E-state index is 0.0880. The lowest BCUT2D eigenvalue weighted by molar-refractivity contribution is -0.120. The van der Waals surface area contributed by atoms with Gasteiger partial charge in [0.05, 0.1) is 0 Å². The Morgan fingerprint density at radius 3 is 2.33 bits per heavy atom. The molecule has 2 atom stereocenters. The third kappa shape index (κ3) is 1.23. The van der Waals surface area contributed by atoms with Crippen LogP contribution in [0.15, 0.2) is 0 Å². The highest BCUT2D eigenvalue weighted by atomic mass is 16.1. The van der Waals surface area contributed by atoms with Crippen molar-refractivity contribution in [2.24, 2.45) is 17.8 Å². The van der Waals surface area contributed by atoms with Gasteiger partial charge in [-0.15, -0.1) is 0 Å². The fourth-order valence-electron chi connectivity index (χ4n) is 1.25. The van der Waals surface area contributed by atoms with Crippen LogP contribution in [0, 0.1) is 17.8 Å². The predicted octanol–water partition coefficient (Wildman–Crippen LogP) is 1.09. The minimum atomic E-state index is -0.367. The Labute approximate surface area is 55.4 Å². The van der Waals surface area contributed by atoms with Gasteiger partial charge in [-0.3, -0.25) is 10.5 Å². The highest BCUT2D eigenvalue weighted by Crippen LogP contribution is 2.43. The van der Waals surface area contributed by atoms with E-state index in [-0.39, 0.29) is 11.8 Å². The van der Waals surface area contributed by atoms with Gasteiger partial charge in [-0.1, -0.05) is 13.8 Å². The smallest absolute Gasteiger partial charge is 0.241 e. The topological polar surface area (TPSA) is 40.9 Å². The van der Waals surface area contributed by atoms with Crippen LogP contribution in [0.4, 0.5) is 0 Å². The summed E-state index contributed by atoms with van der Waals surface area (Å²) in [5, 5.41) is 0. The van der Waals surface area contributed by atoms with E-state index >= 15 is 0 Å². The van der Waals surface area contributed by atoms with Gasteiger partial charge in [-0.2, -0.15) is 0 Å². The molecule has 1 fully saturated rings. The molecular weight excluding hydrogens is 114 g/mol. The second-order valence-electron chi connectivity index (χ2n) is 3.11. The molecule has 1 aliphatic rings. The van der Waals surface area contributed by atoms with Crippen LogP contribution < -0.4 is 5.73 Å². The van der Waals surface area contributed by atoms with Gasteiger partial charge in [-0.05, 0) is 18.3 Å². The third-order valence-electron chi connectivity index (χ3n) is 2.03. The molecular formula is C7H12NO. The zero-order valence-electron chi connectivity index (χ0n) is 5.85. The summed E-state index contributed by atoms with van der Waals surface area (Å²) in [6.45, 7) is 4.21. The van der Waals surface area contributed by atoms with Crippen molar-refractivity contribution < 1.29 is 4.79 Å². The van der Waals surface area contributed by atoms with Crippen LogP contribution in [0.3, 0.4) is 0 Å². The number of carbonyl (C=O) groups excluding carboxylic acids is 1. The first-order valence-electron chi connectivity index (χ1n) is 3.38. The van der Waals surface area contributed by atoms with Gasteiger partial charge in [0.1, 0.15) is 0 Å². The lowest BCUT2D eigenvalue weighted by atomic mass is 10.1. The van der Waals surface area contributed by atoms with E-state index in [1.165, 1.54) is 0 Å². The number of rotatable bonds is 2. The lowest BCUT2D eigenvalue weighted by Crippen LogP contribution is -2.04. The summed E-state index contributed by atoms with van der Waals surface area (Å²) in [6, 6.07) is 0. The monoisotopic (exact) mass is 126 g/mol. The molecule has 9 heavy (non-hydrogen) atoms. The first-order chi connectivity index (χ1) is 4.13. The quantitative estimate of drug-likeness (QED) is 0.546. The van der Waals surface area contributed by atoms with Gasteiger partial charge in [0.2, 0.25) is 5.91 Å². The Bertz CT molecular complexity index is 131. The standard InChI is InChI=1S/C7H12NO/c1-4(2)5-3-6(5)7(8)9/h4-6,8H,3H2,1-2H3. The minimum Gasteiger partial charge on any atom is -0.273 e. The highest BCUT2D eigenvalue weighted by molar-refractivity contribution is 5.78. The Balaban J connectivity index is 2.33. The molecule has 0 spiro atoms. The van der Waals surface area contributed by atoms with Crippen molar-refractivity contribution in [3.05, 3.63) is 0 Å².